The van der Waals surface area contributed by atoms with Crippen LogP contribution >= 0.6 is 0 Å². The zero-order valence-electron chi connectivity index (χ0n) is 14.1. The van der Waals surface area contributed by atoms with Crippen molar-refractivity contribution >= 4 is 11.8 Å². The van der Waals surface area contributed by atoms with E-state index in [4.69, 9.17) is 5.73 Å². The van der Waals surface area contributed by atoms with Gasteiger partial charge in [0.25, 0.3) is 5.91 Å². The molecule has 1 heterocycles. The third-order valence-electron chi connectivity index (χ3n) is 4.62. The summed E-state index contributed by atoms with van der Waals surface area (Å²) in [6.45, 7) is 1.92. The van der Waals surface area contributed by atoms with E-state index in [-0.39, 0.29) is 11.8 Å². The summed E-state index contributed by atoms with van der Waals surface area (Å²) in [5.74, 6) is 0.00834. The molecule has 130 valence electrons. The molecule has 0 spiro atoms. The van der Waals surface area contributed by atoms with Crippen LogP contribution in [0.3, 0.4) is 0 Å². The molecule has 2 aromatic carbocycles. The van der Waals surface area contributed by atoms with Crippen LogP contribution in [0.4, 0.5) is 0 Å². The van der Waals surface area contributed by atoms with Crippen molar-refractivity contribution in [2.75, 3.05) is 19.6 Å². The second-order valence-corrected chi connectivity index (χ2v) is 6.36. The first-order valence-corrected chi connectivity index (χ1v) is 8.58. The standard InChI is InChI=1S/C20H23N3O2/c21-13-15-11-12-23(14-15)20(25)18(16-7-3-1-4-8-16)22-19(24)17-9-5-2-6-10-17/h1-10,15,18H,11-14,21H2,(H,22,24). The molecule has 1 aliphatic heterocycles. The highest BCUT2D eigenvalue weighted by Gasteiger charge is 2.32. The number of nitrogens with one attached hydrogen (secondary N) is 1. The SMILES string of the molecule is NCC1CCN(C(=O)C(NC(=O)c2ccccc2)c2ccccc2)C1. The smallest absolute Gasteiger partial charge is 0.252 e. The van der Waals surface area contributed by atoms with Crippen LogP contribution in [0.1, 0.15) is 28.4 Å². The first-order valence-electron chi connectivity index (χ1n) is 8.58. The lowest BCUT2D eigenvalue weighted by molar-refractivity contribution is -0.132. The maximum Gasteiger partial charge on any atom is 0.252 e. The molecule has 0 saturated carbocycles. The van der Waals surface area contributed by atoms with Crippen molar-refractivity contribution < 1.29 is 9.59 Å². The average Bonchev–Trinajstić information content (AvgIpc) is 3.16. The third kappa shape index (κ3) is 4.06. The Labute approximate surface area is 147 Å². The number of hydrogen-bond acceptors (Lipinski definition) is 3. The van der Waals surface area contributed by atoms with Crippen LogP contribution in [0.15, 0.2) is 60.7 Å². The zero-order chi connectivity index (χ0) is 17.6. The quantitative estimate of drug-likeness (QED) is 0.876. The van der Waals surface area contributed by atoms with Crippen LogP contribution < -0.4 is 11.1 Å². The lowest BCUT2D eigenvalue weighted by atomic mass is 10.0. The van der Waals surface area contributed by atoms with E-state index in [2.05, 4.69) is 5.32 Å². The monoisotopic (exact) mass is 337 g/mol. The van der Waals surface area contributed by atoms with Gasteiger partial charge in [-0.25, -0.2) is 0 Å². The summed E-state index contributed by atoms with van der Waals surface area (Å²) in [5, 5.41) is 2.90. The Morgan fingerprint density at radius 1 is 1.08 bits per heavy atom. The Kier molecular flexibility index (Phi) is 5.46. The van der Waals surface area contributed by atoms with Crippen LogP contribution in [0.2, 0.25) is 0 Å². The predicted octanol–water partition coefficient (Wildman–Crippen LogP) is 1.96. The predicted molar refractivity (Wildman–Crippen MR) is 96.8 cm³/mol. The van der Waals surface area contributed by atoms with Crippen molar-refractivity contribution in [1.82, 2.24) is 10.2 Å². The van der Waals surface area contributed by atoms with Crippen LogP contribution in [0.25, 0.3) is 0 Å². The van der Waals surface area contributed by atoms with Crippen LogP contribution in [-0.4, -0.2) is 36.3 Å². The summed E-state index contributed by atoms with van der Waals surface area (Å²) in [4.78, 5) is 27.4. The van der Waals surface area contributed by atoms with Gasteiger partial charge in [-0.2, -0.15) is 0 Å². The van der Waals surface area contributed by atoms with Crippen molar-refractivity contribution in [2.45, 2.75) is 12.5 Å². The van der Waals surface area contributed by atoms with Crippen LogP contribution in [0, 0.1) is 5.92 Å². The number of benzene rings is 2. The van der Waals surface area contributed by atoms with Crippen LogP contribution in [0.5, 0.6) is 0 Å². The highest BCUT2D eigenvalue weighted by molar-refractivity contribution is 5.97. The maximum atomic E-state index is 13.0. The van der Waals surface area contributed by atoms with Gasteiger partial charge in [-0.3, -0.25) is 9.59 Å². The first kappa shape index (κ1) is 17.2. The summed E-state index contributed by atoms with van der Waals surface area (Å²) in [6, 6.07) is 17.6. The fourth-order valence-corrected chi connectivity index (χ4v) is 3.14. The normalized spacial score (nSPS) is 18.0. The number of hydrogen-bond donors (Lipinski definition) is 2. The van der Waals surface area contributed by atoms with Crippen molar-refractivity contribution in [2.24, 2.45) is 11.7 Å². The number of nitrogens with zero attached hydrogens (tertiary/aromatic N) is 1. The molecule has 0 aromatic heterocycles. The van der Waals surface area contributed by atoms with E-state index in [0.29, 0.717) is 31.1 Å². The van der Waals surface area contributed by atoms with Gasteiger partial charge in [0.15, 0.2) is 0 Å². The largest absolute Gasteiger partial charge is 0.340 e. The number of likely N-dealkylation sites (tertiary alicyclic amines) is 1. The van der Waals surface area contributed by atoms with Gasteiger partial charge in [-0.15, -0.1) is 0 Å². The number of rotatable bonds is 5. The van der Waals surface area contributed by atoms with E-state index in [1.807, 2.05) is 36.4 Å². The van der Waals surface area contributed by atoms with Gasteiger partial charge in [-0.1, -0.05) is 48.5 Å². The van der Waals surface area contributed by atoms with E-state index >= 15 is 0 Å². The summed E-state index contributed by atoms with van der Waals surface area (Å²) >= 11 is 0. The molecule has 1 aliphatic rings. The topological polar surface area (TPSA) is 75.4 Å². The van der Waals surface area contributed by atoms with Crippen molar-refractivity contribution in [3.63, 3.8) is 0 Å². The van der Waals surface area contributed by atoms with Gasteiger partial charge in [0.05, 0.1) is 0 Å². The van der Waals surface area contributed by atoms with Gasteiger partial charge in [0.1, 0.15) is 6.04 Å². The number of amides is 2. The van der Waals surface area contributed by atoms with Gasteiger partial charge >= 0.3 is 0 Å². The van der Waals surface area contributed by atoms with Crippen LogP contribution in [-0.2, 0) is 4.79 Å². The Balaban J connectivity index is 1.81. The molecule has 0 radical (unpaired) electrons. The van der Waals surface area contributed by atoms with Gasteiger partial charge < -0.3 is 16.0 Å². The number of carbonyl (C=O) groups is 2. The minimum Gasteiger partial charge on any atom is -0.340 e. The zero-order valence-corrected chi connectivity index (χ0v) is 14.1. The molecule has 1 fully saturated rings. The van der Waals surface area contributed by atoms with E-state index < -0.39 is 6.04 Å². The minimum absolute atomic E-state index is 0.0774. The van der Waals surface area contributed by atoms with Gasteiger partial charge in [0, 0.05) is 18.7 Å². The molecule has 0 bridgehead atoms. The van der Waals surface area contributed by atoms with Crippen molar-refractivity contribution in [1.29, 1.82) is 0 Å². The molecular weight excluding hydrogens is 314 g/mol. The van der Waals surface area contributed by atoms with Crippen molar-refractivity contribution in [3.05, 3.63) is 71.8 Å². The second-order valence-electron chi connectivity index (χ2n) is 6.36. The molecule has 2 aromatic rings. The molecular formula is C20H23N3O2. The average molecular weight is 337 g/mol. The van der Waals surface area contributed by atoms with Gasteiger partial charge in [0.2, 0.25) is 5.91 Å². The number of carbonyl (C=O) groups excluding carboxylic acids is 2. The summed E-state index contributed by atoms with van der Waals surface area (Å²) < 4.78 is 0. The molecule has 3 N–H and O–H groups in total. The van der Waals surface area contributed by atoms with E-state index in [1.54, 1.807) is 29.2 Å². The number of nitrogens with two attached hydrogens (primary N) is 1. The highest BCUT2D eigenvalue weighted by Crippen LogP contribution is 2.22. The molecule has 25 heavy (non-hydrogen) atoms. The maximum absolute atomic E-state index is 13.0. The molecule has 1 saturated heterocycles. The first-order chi connectivity index (χ1) is 12.2. The lowest BCUT2D eigenvalue weighted by Gasteiger charge is -2.25. The molecule has 2 amide bonds. The minimum atomic E-state index is -0.689. The fourth-order valence-electron chi connectivity index (χ4n) is 3.14. The highest BCUT2D eigenvalue weighted by atomic mass is 16.2. The fraction of sp³-hybridized carbons (Fsp3) is 0.300. The Bertz CT molecular complexity index is 718. The molecule has 5 nitrogen and oxygen atoms in total. The second kappa shape index (κ2) is 7.94. The molecule has 5 heteroatoms. The van der Waals surface area contributed by atoms with E-state index in [0.717, 1.165) is 12.0 Å². The van der Waals surface area contributed by atoms with E-state index in [1.165, 1.54) is 0 Å². The van der Waals surface area contributed by atoms with E-state index in [9.17, 15) is 9.59 Å². The Morgan fingerprint density at radius 2 is 1.72 bits per heavy atom. The molecule has 2 unspecified atom stereocenters. The summed E-state index contributed by atoms with van der Waals surface area (Å²) in [5.41, 5.74) is 7.06. The summed E-state index contributed by atoms with van der Waals surface area (Å²) in [7, 11) is 0. The Hall–Kier alpha value is -2.66. The summed E-state index contributed by atoms with van der Waals surface area (Å²) in [6.07, 6.45) is 0.913. The molecule has 0 aliphatic carbocycles. The van der Waals surface area contributed by atoms with Gasteiger partial charge in [-0.05, 0) is 36.6 Å². The lowest BCUT2D eigenvalue weighted by Crippen LogP contribution is -2.42. The molecule has 3 rings (SSSR count). The third-order valence-corrected chi connectivity index (χ3v) is 4.62. The Morgan fingerprint density at radius 3 is 2.32 bits per heavy atom. The van der Waals surface area contributed by atoms with Crippen molar-refractivity contribution in [3.8, 4) is 0 Å². The molecule has 2 atom stereocenters.